The van der Waals surface area contributed by atoms with Gasteiger partial charge in [0.25, 0.3) is 0 Å². The van der Waals surface area contributed by atoms with Crippen LogP contribution in [0.15, 0.2) is 6.20 Å². The van der Waals surface area contributed by atoms with Crippen LogP contribution in [-0.2, 0) is 21.8 Å². The summed E-state index contributed by atoms with van der Waals surface area (Å²) in [6.45, 7) is 0. The minimum atomic E-state index is -4.93. The fraction of sp³-hybridized carbons (Fsp3) is 0.400. The Balaban J connectivity index is 3.12. The van der Waals surface area contributed by atoms with Crippen molar-refractivity contribution in [2.45, 2.75) is 18.7 Å². The van der Waals surface area contributed by atoms with Gasteiger partial charge in [0.15, 0.2) is 5.75 Å². The summed E-state index contributed by atoms with van der Waals surface area (Å²) < 4.78 is 44.3. The zero-order valence-electron chi connectivity index (χ0n) is 9.62. The molecule has 1 aromatic heterocycles. The lowest BCUT2D eigenvalue weighted by Crippen LogP contribution is -2.18. The van der Waals surface area contributed by atoms with Gasteiger partial charge in [-0.1, -0.05) is 0 Å². The highest BCUT2D eigenvalue weighted by molar-refractivity contribution is 6.17. The normalized spacial score (nSPS) is 11.2. The molecular formula is C10H9ClF3NO4. The number of halogens is 4. The zero-order chi connectivity index (χ0) is 14.6. The van der Waals surface area contributed by atoms with Crippen molar-refractivity contribution in [1.82, 2.24) is 4.98 Å². The van der Waals surface area contributed by atoms with Crippen molar-refractivity contribution in [2.75, 3.05) is 7.11 Å². The first-order chi connectivity index (χ1) is 8.78. The van der Waals surface area contributed by atoms with Gasteiger partial charge in [0.1, 0.15) is 5.75 Å². The van der Waals surface area contributed by atoms with Crippen molar-refractivity contribution in [1.29, 1.82) is 0 Å². The highest BCUT2D eigenvalue weighted by atomic mass is 35.5. The lowest BCUT2D eigenvalue weighted by molar-refractivity contribution is -0.275. The SMILES string of the molecule is COC(=O)Cc1ncc(OC(F)(F)F)c(CCl)c1O. The maximum Gasteiger partial charge on any atom is 0.573 e. The molecule has 0 aliphatic carbocycles. The summed E-state index contributed by atoms with van der Waals surface area (Å²) in [5, 5.41) is 9.71. The maximum absolute atomic E-state index is 12.1. The van der Waals surface area contributed by atoms with Gasteiger partial charge in [0.05, 0.1) is 36.9 Å². The predicted molar refractivity (Wildman–Crippen MR) is 57.9 cm³/mol. The second-order valence-electron chi connectivity index (χ2n) is 3.33. The van der Waals surface area contributed by atoms with E-state index < -0.39 is 36.1 Å². The number of carbonyl (C=O) groups is 1. The fourth-order valence-electron chi connectivity index (χ4n) is 1.25. The van der Waals surface area contributed by atoms with Crippen LogP contribution in [0, 0.1) is 0 Å². The van der Waals surface area contributed by atoms with E-state index in [0.29, 0.717) is 0 Å². The molecule has 19 heavy (non-hydrogen) atoms. The molecule has 9 heteroatoms. The van der Waals surface area contributed by atoms with Crippen LogP contribution >= 0.6 is 11.6 Å². The molecular weight excluding hydrogens is 291 g/mol. The molecule has 0 spiro atoms. The number of nitrogens with zero attached hydrogens (tertiary/aromatic N) is 1. The highest BCUT2D eigenvalue weighted by Crippen LogP contribution is 2.34. The standard InChI is InChI=1S/C10H9ClF3NO4/c1-18-8(16)2-6-9(17)5(3-11)7(4-15-6)19-10(12,13)14/h4,17H,2-3H2,1H3. The van der Waals surface area contributed by atoms with E-state index in [2.05, 4.69) is 14.5 Å². The van der Waals surface area contributed by atoms with Crippen molar-refractivity contribution < 1.29 is 32.5 Å². The molecule has 0 fully saturated rings. The van der Waals surface area contributed by atoms with Crippen LogP contribution in [-0.4, -0.2) is 29.5 Å². The smallest absolute Gasteiger partial charge is 0.506 e. The van der Waals surface area contributed by atoms with E-state index in [4.69, 9.17) is 11.6 Å². The summed E-state index contributed by atoms with van der Waals surface area (Å²) in [6.07, 6.45) is -4.58. The number of ether oxygens (including phenoxy) is 2. The number of pyridine rings is 1. The second-order valence-corrected chi connectivity index (χ2v) is 3.60. The number of alkyl halides is 4. The summed E-state index contributed by atoms with van der Waals surface area (Å²) in [4.78, 5) is 14.6. The largest absolute Gasteiger partial charge is 0.573 e. The van der Waals surface area contributed by atoms with Crippen LogP contribution in [0.5, 0.6) is 11.5 Å². The van der Waals surface area contributed by atoms with E-state index in [1.165, 1.54) is 0 Å². The molecule has 0 radical (unpaired) electrons. The molecule has 0 aliphatic rings. The maximum atomic E-state index is 12.1. The van der Waals surface area contributed by atoms with Gasteiger partial charge in [0, 0.05) is 0 Å². The lowest BCUT2D eigenvalue weighted by Gasteiger charge is -2.14. The van der Waals surface area contributed by atoms with Gasteiger partial charge in [-0.2, -0.15) is 0 Å². The van der Waals surface area contributed by atoms with Crippen molar-refractivity contribution >= 4 is 17.6 Å². The van der Waals surface area contributed by atoms with Crippen LogP contribution in [0.25, 0.3) is 0 Å². The first-order valence-electron chi connectivity index (χ1n) is 4.86. The van der Waals surface area contributed by atoms with Crippen LogP contribution in [0.3, 0.4) is 0 Å². The van der Waals surface area contributed by atoms with E-state index in [1.54, 1.807) is 0 Å². The summed E-state index contributed by atoms with van der Waals surface area (Å²) in [7, 11) is 1.13. The third-order valence-corrected chi connectivity index (χ3v) is 2.36. The van der Waals surface area contributed by atoms with Gasteiger partial charge >= 0.3 is 12.3 Å². The quantitative estimate of drug-likeness (QED) is 0.681. The number of rotatable bonds is 4. The Labute approximate surface area is 110 Å². The van der Waals surface area contributed by atoms with Crippen LogP contribution in [0.1, 0.15) is 11.3 Å². The Bertz CT molecular complexity index is 479. The van der Waals surface area contributed by atoms with Crippen molar-refractivity contribution in [3.8, 4) is 11.5 Å². The van der Waals surface area contributed by atoms with E-state index in [1.807, 2.05) is 0 Å². The molecule has 0 amide bonds. The first kappa shape index (κ1) is 15.4. The molecule has 1 heterocycles. The minimum Gasteiger partial charge on any atom is -0.506 e. The number of hydrogen-bond acceptors (Lipinski definition) is 5. The van der Waals surface area contributed by atoms with E-state index in [9.17, 15) is 23.1 Å². The molecule has 0 unspecified atom stereocenters. The van der Waals surface area contributed by atoms with Crippen LogP contribution in [0.4, 0.5) is 13.2 Å². The molecule has 0 bridgehead atoms. The van der Waals surface area contributed by atoms with Gasteiger partial charge in [-0.25, -0.2) is 0 Å². The Morgan fingerprint density at radius 3 is 2.63 bits per heavy atom. The summed E-state index contributed by atoms with van der Waals surface area (Å²) in [5.41, 5.74) is -0.440. The lowest BCUT2D eigenvalue weighted by atomic mass is 10.1. The minimum absolute atomic E-state index is 0.142. The van der Waals surface area contributed by atoms with Crippen molar-refractivity contribution in [2.24, 2.45) is 0 Å². The average molecular weight is 300 g/mol. The molecule has 1 N–H and O–H groups in total. The average Bonchev–Trinajstić information content (AvgIpc) is 2.31. The van der Waals surface area contributed by atoms with Crippen LogP contribution in [0.2, 0.25) is 0 Å². The van der Waals surface area contributed by atoms with E-state index >= 15 is 0 Å². The molecule has 5 nitrogen and oxygen atoms in total. The topological polar surface area (TPSA) is 68.7 Å². The number of aromatic nitrogens is 1. The monoisotopic (exact) mass is 299 g/mol. The second kappa shape index (κ2) is 5.96. The third-order valence-electron chi connectivity index (χ3n) is 2.09. The number of methoxy groups -OCH3 is 1. The van der Waals surface area contributed by atoms with E-state index in [0.717, 1.165) is 13.3 Å². The number of hydrogen-bond donors (Lipinski definition) is 1. The molecule has 0 saturated carbocycles. The Morgan fingerprint density at radius 1 is 1.53 bits per heavy atom. The molecule has 1 rings (SSSR count). The Morgan fingerprint density at radius 2 is 2.16 bits per heavy atom. The van der Waals surface area contributed by atoms with Gasteiger partial charge < -0.3 is 14.6 Å². The highest BCUT2D eigenvalue weighted by Gasteiger charge is 2.33. The number of esters is 1. The molecule has 0 atom stereocenters. The number of aromatic hydroxyl groups is 1. The van der Waals surface area contributed by atoms with E-state index in [-0.39, 0.29) is 11.3 Å². The molecule has 0 saturated heterocycles. The van der Waals surface area contributed by atoms with Gasteiger partial charge in [0.2, 0.25) is 0 Å². The molecule has 1 aromatic rings. The molecule has 0 aliphatic heterocycles. The first-order valence-corrected chi connectivity index (χ1v) is 5.40. The molecule has 106 valence electrons. The van der Waals surface area contributed by atoms with Crippen molar-refractivity contribution in [3.63, 3.8) is 0 Å². The summed E-state index contributed by atoms with van der Waals surface area (Å²) in [6, 6.07) is 0. The number of carbonyl (C=O) groups excluding carboxylic acids is 1. The predicted octanol–water partition coefficient (Wildman–Crippen LogP) is 2.14. The Hall–Kier alpha value is -1.70. The van der Waals surface area contributed by atoms with Crippen LogP contribution < -0.4 is 4.74 Å². The Kier molecular flexibility index (Phi) is 4.82. The summed E-state index contributed by atoms with van der Waals surface area (Å²) >= 11 is 5.46. The van der Waals surface area contributed by atoms with Gasteiger partial charge in [-0.3, -0.25) is 9.78 Å². The van der Waals surface area contributed by atoms with Gasteiger partial charge in [-0.05, 0) is 0 Å². The molecule has 0 aromatic carbocycles. The van der Waals surface area contributed by atoms with Gasteiger partial charge in [-0.15, -0.1) is 24.8 Å². The van der Waals surface area contributed by atoms with Crippen molar-refractivity contribution in [3.05, 3.63) is 17.5 Å². The zero-order valence-corrected chi connectivity index (χ0v) is 10.4. The third kappa shape index (κ3) is 4.16. The fourth-order valence-corrected chi connectivity index (χ4v) is 1.50. The summed E-state index contributed by atoms with van der Waals surface area (Å²) in [5.74, 6) is -2.47.